The third-order valence-electron chi connectivity index (χ3n) is 3.93. The SMILES string of the molecule is CCOC(=O)c1cnn2c1nnc1c(=O)n(-c3cc(Cl)ccc3Cl)ccc12. The highest BCUT2D eigenvalue weighted by molar-refractivity contribution is 6.34. The molecule has 4 aromatic rings. The first kappa shape index (κ1) is 17.4. The maximum absolute atomic E-state index is 12.9. The molecule has 0 radical (unpaired) electrons. The molecule has 0 saturated heterocycles. The molecule has 10 heteroatoms. The lowest BCUT2D eigenvalue weighted by Gasteiger charge is -2.09. The molecule has 0 unspecified atom stereocenters. The second-order valence-electron chi connectivity index (χ2n) is 5.53. The Morgan fingerprint density at radius 2 is 2.04 bits per heavy atom. The second kappa shape index (κ2) is 6.64. The summed E-state index contributed by atoms with van der Waals surface area (Å²) >= 11 is 12.2. The van der Waals surface area contributed by atoms with E-state index in [-0.39, 0.29) is 23.3 Å². The van der Waals surface area contributed by atoms with Crippen LogP contribution in [0.4, 0.5) is 0 Å². The highest BCUT2D eigenvalue weighted by Gasteiger charge is 2.19. The molecule has 8 nitrogen and oxygen atoms in total. The molecule has 0 aliphatic rings. The molecule has 136 valence electrons. The van der Waals surface area contributed by atoms with Crippen molar-refractivity contribution in [2.45, 2.75) is 6.92 Å². The Morgan fingerprint density at radius 3 is 2.81 bits per heavy atom. The zero-order chi connectivity index (χ0) is 19.1. The van der Waals surface area contributed by atoms with Gasteiger partial charge in [0.15, 0.2) is 11.2 Å². The number of ether oxygens (including phenoxy) is 1. The average molecular weight is 404 g/mol. The summed E-state index contributed by atoms with van der Waals surface area (Å²) in [5.74, 6) is -0.555. The van der Waals surface area contributed by atoms with E-state index in [1.807, 2.05) is 0 Å². The van der Waals surface area contributed by atoms with Gasteiger partial charge in [0, 0.05) is 11.2 Å². The molecule has 27 heavy (non-hydrogen) atoms. The molecule has 0 aliphatic carbocycles. The summed E-state index contributed by atoms with van der Waals surface area (Å²) in [5, 5.41) is 12.9. The van der Waals surface area contributed by atoms with Gasteiger partial charge in [0.2, 0.25) is 0 Å². The summed E-state index contributed by atoms with van der Waals surface area (Å²) in [6.07, 6.45) is 2.87. The van der Waals surface area contributed by atoms with Gasteiger partial charge in [0.25, 0.3) is 5.56 Å². The molecule has 0 bridgehead atoms. The minimum atomic E-state index is -0.555. The van der Waals surface area contributed by atoms with Gasteiger partial charge in [-0.25, -0.2) is 9.31 Å². The van der Waals surface area contributed by atoms with E-state index in [0.29, 0.717) is 21.2 Å². The fraction of sp³-hybridized carbons (Fsp3) is 0.118. The van der Waals surface area contributed by atoms with E-state index in [4.69, 9.17) is 27.9 Å². The lowest BCUT2D eigenvalue weighted by atomic mass is 10.3. The van der Waals surface area contributed by atoms with E-state index in [9.17, 15) is 9.59 Å². The van der Waals surface area contributed by atoms with Crippen molar-refractivity contribution >= 4 is 45.9 Å². The minimum absolute atomic E-state index is 0.0690. The fourth-order valence-corrected chi connectivity index (χ4v) is 3.08. The number of carbonyl (C=O) groups excluding carboxylic acids is 1. The predicted molar refractivity (Wildman–Crippen MR) is 99.9 cm³/mol. The molecule has 1 aromatic carbocycles. The summed E-state index contributed by atoms with van der Waals surface area (Å²) in [7, 11) is 0. The van der Waals surface area contributed by atoms with Crippen LogP contribution < -0.4 is 5.56 Å². The van der Waals surface area contributed by atoms with E-state index in [1.54, 1.807) is 31.2 Å². The van der Waals surface area contributed by atoms with Crippen molar-refractivity contribution in [3.8, 4) is 5.69 Å². The molecule has 4 rings (SSSR count). The van der Waals surface area contributed by atoms with Crippen LogP contribution in [0.15, 0.2) is 41.5 Å². The topological polar surface area (TPSA) is 91.4 Å². The van der Waals surface area contributed by atoms with Crippen LogP contribution in [0, 0.1) is 0 Å². The van der Waals surface area contributed by atoms with Crippen LogP contribution >= 0.6 is 23.2 Å². The van der Waals surface area contributed by atoms with Gasteiger partial charge in [-0.05, 0) is 31.2 Å². The number of halogens is 2. The van der Waals surface area contributed by atoms with Gasteiger partial charge in [-0.2, -0.15) is 5.10 Å². The maximum Gasteiger partial charge on any atom is 0.343 e. The summed E-state index contributed by atoms with van der Waals surface area (Å²) in [4.78, 5) is 24.9. The van der Waals surface area contributed by atoms with E-state index in [2.05, 4.69) is 15.3 Å². The summed E-state index contributed by atoms with van der Waals surface area (Å²) in [5.41, 5.74) is 0.826. The molecule has 0 amide bonds. The summed E-state index contributed by atoms with van der Waals surface area (Å²) in [6, 6.07) is 6.45. The number of hydrogen-bond acceptors (Lipinski definition) is 6. The molecule has 0 spiro atoms. The third kappa shape index (κ3) is 2.83. The quantitative estimate of drug-likeness (QED) is 0.488. The smallest absolute Gasteiger partial charge is 0.343 e. The van der Waals surface area contributed by atoms with Gasteiger partial charge in [0.1, 0.15) is 11.1 Å². The Balaban J connectivity index is 1.95. The Morgan fingerprint density at radius 1 is 1.22 bits per heavy atom. The van der Waals surface area contributed by atoms with Crippen LogP contribution in [0.3, 0.4) is 0 Å². The van der Waals surface area contributed by atoms with Crippen molar-refractivity contribution in [3.63, 3.8) is 0 Å². The van der Waals surface area contributed by atoms with Crippen LogP contribution in [-0.4, -0.2) is 37.0 Å². The van der Waals surface area contributed by atoms with E-state index in [1.165, 1.54) is 21.5 Å². The first-order chi connectivity index (χ1) is 13.0. The van der Waals surface area contributed by atoms with Gasteiger partial charge in [-0.3, -0.25) is 9.36 Å². The van der Waals surface area contributed by atoms with Gasteiger partial charge < -0.3 is 4.74 Å². The molecule has 0 saturated carbocycles. The predicted octanol–water partition coefficient (Wildman–Crippen LogP) is 2.91. The van der Waals surface area contributed by atoms with Crippen LogP contribution in [-0.2, 0) is 4.74 Å². The molecule has 0 fully saturated rings. The number of esters is 1. The van der Waals surface area contributed by atoms with Crippen molar-refractivity contribution in [2.75, 3.05) is 6.61 Å². The zero-order valence-corrected chi connectivity index (χ0v) is 15.4. The molecular formula is C17H11Cl2N5O3. The minimum Gasteiger partial charge on any atom is -0.462 e. The summed E-state index contributed by atoms with van der Waals surface area (Å²) < 4.78 is 7.68. The van der Waals surface area contributed by atoms with Crippen molar-refractivity contribution in [3.05, 3.63) is 62.6 Å². The average Bonchev–Trinajstić information content (AvgIpc) is 3.09. The maximum atomic E-state index is 12.9. The number of aromatic nitrogens is 5. The molecule has 0 N–H and O–H groups in total. The number of rotatable bonds is 3. The van der Waals surface area contributed by atoms with Crippen LogP contribution in [0.5, 0.6) is 0 Å². The van der Waals surface area contributed by atoms with Crippen LogP contribution in [0.25, 0.3) is 22.4 Å². The number of carbonyl (C=O) groups is 1. The first-order valence-corrected chi connectivity index (χ1v) is 8.65. The van der Waals surface area contributed by atoms with Crippen molar-refractivity contribution in [2.24, 2.45) is 0 Å². The number of nitrogens with zero attached hydrogens (tertiary/aromatic N) is 5. The lowest BCUT2D eigenvalue weighted by Crippen LogP contribution is -2.20. The molecule has 0 atom stereocenters. The highest BCUT2D eigenvalue weighted by atomic mass is 35.5. The van der Waals surface area contributed by atoms with E-state index >= 15 is 0 Å². The monoisotopic (exact) mass is 403 g/mol. The largest absolute Gasteiger partial charge is 0.462 e. The van der Waals surface area contributed by atoms with E-state index < -0.39 is 11.5 Å². The Labute approximate surface area is 161 Å². The van der Waals surface area contributed by atoms with Crippen LogP contribution in [0.1, 0.15) is 17.3 Å². The van der Waals surface area contributed by atoms with Crippen molar-refractivity contribution < 1.29 is 9.53 Å². The van der Waals surface area contributed by atoms with Crippen molar-refractivity contribution in [1.29, 1.82) is 0 Å². The van der Waals surface area contributed by atoms with Gasteiger partial charge >= 0.3 is 5.97 Å². The fourth-order valence-electron chi connectivity index (χ4n) is 2.71. The van der Waals surface area contributed by atoms with Crippen LogP contribution in [0.2, 0.25) is 10.0 Å². The normalized spacial score (nSPS) is 11.2. The lowest BCUT2D eigenvalue weighted by molar-refractivity contribution is 0.0528. The summed E-state index contributed by atoms with van der Waals surface area (Å²) in [6.45, 7) is 1.93. The second-order valence-corrected chi connectivity index (χ2v) is 6.38. The zero-order valence-electron chi connectivity index (χ0n) is 13.9. The van der Waals surface area contributed by atoms with Crippen molar-refractivity contribution in [1.82, 2.24) is 24.4 Å². The number of pyridine rings is 1. The standard InChI is InChI=1S/C17H11Cl2N5O3/c1-2-27-17(26)10-8-20-24-12-5-6-23(13-7-9(18)3-4-11(13)19)16(25)14(12)21-22-15(10)24/h3-8H,2H2,1H3. The van der Waals surface area contributed by atoms with Gasteiger partial charge in [-0.1, -0.05) is 23.2 Å². The van der Waals surface area contributed by atoms with Gasteiger partial charge in [-0.15, -0.1) is 10.2 Å². The molecule has 3 heterocycles. The highest BCUT2D eigenvalue weighted by Crippen LogP contribution is 2.24. The Hall–Kier alpha value is -2.97. The number of hydrogen-bond donors (Lipinski definition) is 0. The number of benzene rings is 1. The first-order valence-electron chi connectivity index (χ1n) is 7.89. The Bertz CT molecular complexity index is 1260. The third-order valence-corrected chi connectivity index (χ3v) is 4.48. The Kier molecular flexibility index (Phi) is 4.29. The molecule has 3 aromatic heterocycles. The molecular weight excluding hydrogens is 393 g/mol. The van der Waals surface area contributed by atoms with E-state index in [0.717, 1.165) is 0 Å². The van der Waals surface area contributed by atoms with Gasteiger partial charge in [0.05, 0.1) is 23.5 Å². The number of fused-ring (bicyclic) bond motifs is 3. The molecule has 0 aliphatic heterocycles.